The molecule has 0 amide bonds. The molecule has 0 aliphatic heterocycles. The van der Waals surface area contributed by atoms with Gasteiger partial charge in [-0.3, -0.25) is 4.21 Å². The Labute approximate surface area is 109 Å². The molecule has 0 aromatic carbocycles. The van der Waals surface area contributed by atoms with Gasteiger partial charge in [0.25, 0.3) is 0 Å². The third kappa shape index (κ3) is 4.06. The lowest BCUT2D eigenvalue weighted by Gasteiger charge is -2.31. The highest BCUT2D eigenvalue weighted by atomic mass is 32.2. The molecule has 1 aliphatic rings. The summed E-state index contributed by atoms with van der Waals surface area (Å²) in [5.74, 6) is 1.53. The zero-order valence-electron chi connectivity index (χ0n) is 12.1. The lowest BCUT2D eigenvalue weighted by Crippen LogP contribution is -2.46. The van der Waals surface area contributed by atoms with Gasteiger partial charge in [-0.25, -0.2) is 0 Å². The van der Waals surface area contributed by atoms with E-state index in [0.29, 0.717) is 22.6 Å². The van der Waals surface area contributed by atoms with Crippen molar-refractivity contribution < 1.29 is 4.21 Å². The number of nitrogens with one attached hydrogen (secondary N) is 1. The fourth-order valence-electron chi connectivity index (χ4n) is 2.75. The second kappa shape index (κ2) is 6.33. The maximum Gasteiger partial charge on any atom is 0.0506 e. The minimum atomic E-state index is -0.657. The zero-order chi connectivity index (χ0) is 13.1. The molecule has 0 bridgehead atoms. The molecule has 102 valence electrons. The van der Waals surface area contributed by atoms with E-state index in [9.17, 15) is 4.21 Å². The van der Waals surface area contributed by atoms with Crippen molar-refractivity contribution in [2.45, 2.75) is 65.2 Å². The summed E-state index contributed by atoms with van der Waals surface area (Å²) in [5.41, 5.74) is 0.300. The molecule has 1 fully saturated rings. The molecule has 1 aliphatic carbocycles. The number of hydrogen-bond acceptors (Lipinski definition) is 2. The maximum absolute atomic E-state index is 12.4. The van der Waals surface area contributed by atoms with Crippen molar-refractivity contribution in [3.05, 3.63) is 0 Å². The highest BCUT2D eigenvalue weighted by molar-refractivity contribution is 7.85. The Morgan fingerprint density at radius 3 is 2.59 bits per heavy atom. The van der Waals surface area contributed by atoms with E-state index >= 15 is 0 Å². The largest absolute Gasteiger partial charge is 0.313 e. The van der Waals surface area contributed by atoms with Gasteiger partial charge in [-0.1, -0.05) is 34.6 Å². The van der Waals surface area contributed by atoms with Crippen LogP contribution in [0, 0.1) is 11.3 Å². The highest BCUT2D eigenvalue weighted by Crippen LogP contribution is 2.40. The van der Waals surface area contributed by atoms with Gasteiger partial charge >= 0.3 is 0 Å². The van der Waals surface area contributed by atoms with Crippen molar-refractivity contribution in [1.29, 1.82) is 0 Å². The molecule has 2 nitrogen and oxygen atoms in total. The van der Waals surface area contributed by atoms with Crippen LogP contribution < -0.4 is 5.32 Å². The summed E-state index contributed by atoms with van der Waals surface area (Å²) < 4.78 is 12.4. The lowest BCUT2D eigenvalue weighted by molar-refractivity contribution is 0.289. The zero-order valence-corrected chi connectivity index (χ0v) is 12.9. The molecule has 1 saturated carbocycles. The lowest BCUT2D eigenvalue weighted by atomic mass is 9.87. The first kappa shape index (κ1) is 15.2. The van der Waals surface area contributed by atoms with Gasteiger partial charge in [0.2, 0.25) is 0 Å². The molecule has 3 heteroatoms. The monoisotopic (exact) mass is 259 g/mol. The van der Waals surface area contributed by atoms with Crippen LogP contribution in [0.15, 0.2) is 0 Å². The Kier molecular flexibility index (Phi) is 5.65. The van der Waals surface area contributed by atoms with Crippen LogP contribution >= 0.6 is 0 Å². The van der Waals surface area contributed by atoms with E-state index in [1.54, 1.807) is 0 Å². The van der Waals surface area contributed by atoms with Crippen LogP contribution in [-0.4, -0.2) is 27.8 Å². The van der Waals surface area contributed by atoms with Crippen LogP contribution in [0.5, 0.6) is 0 Å². The Bertz CT molecular complexity index is 263. The summed E-state index contributed by atoms with van der Waals surface area (Å²) in [5, 5.41) is 3.92. The quantitative estimate of drug-likeness (QED) is 0.794. The third-order valence-corrected chi connectivity index (χ3v) is 5.77. The minimum Gasteiger partial charge on any atom is -0.313 e. The smallest absolute Gasteiger partial charge is 0.0506 e. The van der Waals surface area contributed by atoms with E-state index in [1.165, 1.54) is 6.42 Å². The van der Waals surface area contributed by atoms with E-state index in [4.69, 9.17) is 0 Å². The molecule has 0 aromatic heterocycles. The van der Waals surface area contributed by atoms with Crippen molar-refractivity contribution in [2.75, 3.05) is 12.3 Å². The maximum atomic E-state index is 12.4. The van der Waals surface area contributed by atoms with Gasteiger partial charge in [-0.05, 0) is 37.1 Å². The molecule has 0 spiro atoms. The molecule has 0 radical (unpaired) electrons. The normalized spacial score (nSPS) is 29.8. The van der Waals surface area contributed by atoms with Crippen LogP contribution in [0.4, 0.5) is 0 Å². The standard InChI is InChI=1S/C14H29NOS/c1-6-15-13-12(7-9-14(13,4)5)17(16)10-8-11(2)3/h11-13,15H,6-10H2,1-5H3. The van der Waals surface area contributed by atoms with Gasteiger partial charge in [0, 0.05) is 22.6 Å². The Hall–Kier alpha value is 0.110. The summed E-state index contributed by atoms with van der Waals surface area (Å²) in [6, 6.07) is 0.431. The summed E-state index contributed by atoms with van der Waals surface area (Å²) in [6.07, 6.45) is 3.40. The average Bonchev–Trinajstić information content (AvgIpc) is 2.52. The molecule has 17 heavy (non-hydrogen) atoms. The summed E-state index contributed by atoms with van der Waals surface area (Å²) in [4.78, 5) is 0. The minimum absolute atomic E-state index is 0.300. The van der Waals surface area contributed by atoms with Crippen LogP contribution in [0.2, 0.25) is 0 Å². The first-order valence-corrected chi connectivity index (χ1v) is 8.37. The molecular weight excluding hydrogens is 230 g/mol. The third-order valence-electron chi connectivity index (χ3n) is 3.94. The average molecular weight is 259 g/mol. The molecule has 1 rings (SSSR count). The van der Waals surface area contributed by atoms with Gasteiger partial charge in [0.15, 0.2) is 0 Å². The second-order valence-corrected chi connectivity index (χ2v) is 8.14. The molecule has 3 atom stereocenters. The number of rotatable bonds is 6. The van der Waals surface area contributed by atoms with E-state index in [2.05, 4.69) is 39.9 Å². The van der Waals surface area contributed by atoms with Crippen molar-refractivity contribution in [3.63, 3.8) is 0 Å². The van der Waals surface area contributed by atoms with Gasteiger partial charge < -0.3 is 5.32 Å². The van der Waals surface area contributed by atoms with Crippen molar-refractivity contribution in [3.8, 4) is 0 Å². The van der Waals surface area contributed by atoms with Crippen LogP contribution in [0.25, 0.3) is 0 Å². The van der Waals surface area contributed by atoms with E-state index in [0.717, 1.165) is 25.1 Å². The molecule has 1 N–H and O–H groups in total. The first-order chi connectivity index (χ1) is 7.88. The van der Waals surface area contributed by atoms with Crippen LogP contribution in [0.1, 0.15) is 53.9 Å². The van der Waals surface area contributed by atoms with Crippen LogP contribution in [0.3, 0.4) is 0 Å². The second-order valence-electron chi connectivity index (χ2n) is 6.37. The van der Waals surface area contributed by atoms with Crippen LogP contribution in [-0.2, 0) is 10.8 Å². The Morgan fingerprint density at radius 2 is 2.06 bits per heavy atom. The Balaban J connectivity index is 2.60. The Morgan fingerprint density at radius 1 is 1.41 bits per heavy atom. The molecule has 0 aromatic rings. The topological polar surface area (TPSA) is 29.1 Å². The molecule has 3 unspecified atom stereocenters. The van der Waals surface area contributed by atoms with Crippen molar-refractivity contribution in [2.24, 2.45) is 11.3 Å². The van der Waals surface area contributed by atoms with E-state index in [1.807, 2.05) is 0 Å². The fraction of sp³-hybridized carbons (Fsp3) is 1.00. The van der Waals surface area contributed by atoms with Gasteiger partial charge in [0.1, 0.15) is 0 Å². The predicted molar refractivity (Wildman–Crippen MR) is 76.7 cm³/mol. The van der Waals surface area contributed by atoms with Gasteiger partial charge in [0.05, 0.1) is 5.25 Å². The van der Waals surface area contributed by atoms with Gasteiger partial charge in [-0.2, -0.15) is 0 Å². The van der Waals surface area contributed by atoms with E-state index in [-0.39, 0.29) is 0 Å². The molecule has 0 heterocycles. The van der Waals surface area contributed by atoms with E-state index < -0.39 is 10.8 Å². The summed E-state index contributed by atoms with van der Waals surface area (Å²) in [6.45, 7) is 12.1. The molecule has 0 saturated heterocycles. The van der Waals surface area contributed by atoms with Crippen molar-refractivity contribution in [1.82, 2.24) is 5.32 Å². The first-order valence-electron chi connectivity index (χ1n) is 6.99. The highest BCUT2D eigenvalue weighted by Gasteiger charge is 2.43. The summed E-state index contributed by atoms with van der Waals surface area (Å²) in [7, 11) is -0.657. The number of hydrogen-bond donors (Lipinski definition) is 1. The predicted octanol–water partition coefficient (Wildman–Crippen LogP) is 2.95. The summed E-state index contributed by atoms with van der Waals surface area (Å²) >= 11 is 0. The van der Waals surface area contributed by atoms with Crippen molar-refractivity contribution >= 4 is 10.8 Å². The van der Waals surface area contributed by atoms with Gasteiger partial charge in [-0.15, -0.1) is 0 Å². The fourth-order valence-corrected chi connectivity index (χ4v) is 4.91. The SMILES string of the molecule is CCNC1C(S(=O)CCC(C)C)CCC1(C)C. The molecular formula is C14H29NOS.